The van der Waals surface area contributed by atoms with Crippen LogP contribution in [0.4, 0.5) is 0 Å². The van der Waals surface area contributed by atoms with Crippen LogP contribution in [0.1, 0.15) is 11.3 Å². The number of thiocarbonyl (C=S) groups is 1. The van der Waals surface area contributed by atoms with E-state index < -0.39 is 0 Å². The molecule has 0 fully saturated rings. The fourth-order valence-corrected chi connectivity index (χ4v) is 3.13. The molecule has 0 atom stereocenters. The van der Waals surface area contributed by atoms with Crippen LogP contribution in [0.3, 0.4) is 0 Å². The van der Waals surface area contributed by atoms with Crippen molar-refractivity contribution in [2.45, 2.75) is 6.54 Å². The number of carbonyl (C=O) groups excluding carboxylic acids is 1. The maximum Gasteiger partial charge on any atom is 0.250 e. The minimum atomic E-state index is -0.352. The molecule has 142 valence electrons. The second kappa shape index (κ2) is 9.55. The van der Waals surface area contributed by atoms with Gasteiger partial charge in [0, 0.05) is 28.2 Å². The smallest absolute Gasteiger partial charge is 0.250 e. The number of nitrogens with one attached hydrogen (secondary N) is 2. The predicted molar refractivity (Wildman–Crippen MR) is 117 cm³/mol. The third-order valence-corrected chi connectivity index (χ3v) is 4.39. The molecule has 0 spiro atoms. The fraction of sp³-hybridized carbons (Fsp3) is 0.0476. The van der Waals surface area contributed by atoms with Crippen molar-refractivity contribution in [1.29, 1.82) is 0 Å². The summed E-state index contributed by atoms with van der Waals surface area (Å²) < 4.78 is 5.71. The Labute approximate surface area is 178 Å². The summed E-state index contributed by atoms with van der Waals surface area (Å²) in [6.45, 7) is 0.535. The largest absolute Gasteiger partial charge is 0.457 e. The standard InChI is InChI=1S/C21H16Cl2N2O2S/c22-16-10-15(11-17(23)12-16)19-8-6-18(27-19)7-9-20(26)25-21(28)24-13-14-4-2-1-3-5-14/h1-12H,13H2,(H2,24,25,26,28)/b9-7+. The first kappa shape index (κ1) is 20.1. The quantitative estimate of drug-likeness (QED) is 0.416. The van der Waals surface area contributed by atoms with E-state index in [-0.39, 0.29) is 11.0 Å². The number of carbonyl (C=O) groups is 1. The fourth-order valence-electron chi connectivity index (χ4n) is 2.43. The zero-order chi connectivity index (χ0) is 19.9. The van der Waals surface area contributed by atoms with Gasteiger partial charge >= 0.3 is 0 Å². The molecule has 0 aliphatic rings. The van der Waals surface area contributed by atoms with Gasteiger partial charge in [0.15, 0.2) is 5.11 Å². The third-order valence-electron chi connectivity index (χ3n) is 3.71. The molecule has 1 heterocycles. The normalized spacial score (nSPS) is 10.8. The molecule has 0 aliphatic carbocycles. The summed E-state index contributed by atoms with van der Waals surface area (Å²) in [5.74, 6) is 0.767. The molecular formula is C21H16Cl2N2O2S. The molecule has 0 saturated heterocycles. The van der Waals surface area contributed by atoms with Gasteiger partial charge in [-0.3, -0.25) is 10.1 Å². The zero-order valence-electron chi connectivity index (χ0n) is 14.6. The van der Waals surface area contributed by atoms with Gasteiger partial charge in [-0.25, -0.2) is 0 Å². The molecule has 3 aromatic rings. The third kappa shape index (κ3) is 5.96. The van der Waals surface area contributed by atoms with Crippen molar-refractivity contribution in [3.63, 3.8) is 0 Å². The van der Waals surface area contributed by atoms with Crippen molar-refractivity contribution in [1.82, 2.24) is 10.6 Å². The topological polar surface area (TPSA) is 54.3 Å². The van der Waals surface area contributed by atoms with Crippen molar-refractivity contribution in [2.75, 3.05) is 0 Å². The molecule has 2 aromatic carbocycles. The van der Waals surface area contributed by atoms with Crippen LogP contribution in [0.25, 0.3) is 17.4 Å². The summed E-state index contributed by atoms with van der Waals surface area (Å²) in [4.78, 5) is 12.0. The van der Waals surface area contributed by atoms with Gasteiger partial charge in [-0.05, 0) is 54.2 Å². The van der Waals surface area contributed by atoms with Crippen LogP contribution in [0.2, 0.25) is 10.0 Å². The summed E-state index contributed by atoms with van der Waals surface area (Å²) in [7, 11) is 0. The highest BCUT2D eigenvalue weighted by Crippen LogP contribution is 2.28. The number of rotatable bonds is 5. The highest BCUT2D eigenvalue weighted by atomic mass is 35.5. The van der Waals surface area contributed by atoms with E-state index in [0.717, 1.165) is 11.1 Å². The van der Waals surface area contributed by atoms with E-state index in [1.807, 2.05) is 30.3 Å². The van der Waals surface area contributed by atoms with Crippen molar-refractivity contribution in [3.05, 3.63) is 88.1 Å². The summed E-state index contributed by atoms with van der Waals surface area (Å²) in [5.41, 5.74) is 1.83. The highest BCUT2D eigenvalue weighted by molar-refractivity contribution is 7.80. The molecule has 0 aliphatic heterocycles. The van der Waals surface area contributed by atoms with Crippen molar-refractivity contribution in [3.8, 4) is 11.3 Å². The summed E-state index contributed by atoms with van der Waals surface area (Å²) in [5, 5.41) is 6.87. The molecular weight excluding hydrogens is 415 g/mol. The average Bonchev–Trinajstić information content (AvgIpc) is 3.14. The average molecular weight is 431 g/mol. The number of benzene rings is 2. The summed E-state index contributed by atoms with van der Waals surface area (Å²) >= 11 is 17.2. The molecule has 4 nitrogen and oxygen atoms in total. The molecule has 0 bridgehead atoms. The Morgan fingerprint density at radius 3 is 2.46 bits per heavy atom. The van der Waals surface area contributed by atoms with E-state index in [0.29, 0.717) is 28.1 Å². The van der Waals surface area contributed by atoms with Crippen molar-refractivity contribution >= 4 is 52.5 Å². The minimum absolute atomic E-state index is 0.257. The van der Waals surface area contributed by atoms with Crippen LogP contribution in [0, 0.1) is 0 Å². The Kier molecular flexibility index (Phi) is 6.87. The van der Waals surface area contributed by atoms with Gasteiger partial charge in [0.2, 0.25) is 5.91 Å². The number of hydrogen-bond donors (Lipinski definition) is 2. The van der Waals surface area contributed by atoms with E-state index >= 15 is 0 Å². The lowest BCUT2D eigenvalue weighted by atomic mass is 10.2. The predicted octanol–water partition coefficient (Wildman–Crippen LogP) is 5.46. The number of hydrogen-bond acceptors (Lipinski definition) is 3. The monoisotopic (exact) mass is 430 g/mol. The SMILES string of the molecule is O=C(/C=C/c1ccc(-c2cc(Cl)cc(Cl)c2)o1)NC(=S)NCc1ccccc1. The van der Waals surface area contributed by atoms with Crippen molar-refractivity contribution < 1.29 is 9.21 Å². The summed E-state index contributed by atoms with van der Waals surface area (Å²) in [6.07, 6.45) is 2.91. The van der Waals surface area contributed by atoms with E-state index in [4.69, 9.17) is 39.8 Å². The lowest BCUT2D eigenvalue weighted by Crippen LogP contribution is -2.37. The lowest BCUT2D eigenvalue weighted by Gasteiger charge is -2.07. The molecule has 0 unspecified atom stereocenters. The molecule has 2 N–H and O–H groups in total. The Morgan fingerprint density at radius 1 is 1.04 bits per heavy atom. The van der Waals surface area contributed by atoms with E-state index in [2.05, 4.69) is 10.6 Å². The van der Waals surface area contributed by atoms with E-state index in [1.165, 1.54) is 6.08 Å². The molecule has 1 aromatic heterocycles. The molecule has 3 rings (SSSR count). The Balaban J connectivity index is 1.54. The number of furan rings is 1. The van der Waals surface area contributed by atoms with Gasteiger partial charge in [0.1, 0.15) is 11.5 Å². The molecule has 7 heteroatoms. The van der Waals surface area contributed by atoms with Gasteiger partial charge in [-0.1, -0.05) is 53.5 Å². The lowest BCUT2D eigenvalue weighted by molar-refractivity contribution is -0.115. The second-order valence-electron chi connectivity index (χ2n) is 5.85. The van der Waals surface area contributed by atoms with Crippen LogP contribution < -0.4 is 10.6 Å². The number of halogens is 2. The maximum atomic E-state index is 12.0. The molecule has 1 amide bonds. The molecule has 0 saturated carbocycles. The maximum absolute atomic E-state index is 12.0. The van der Waals surface area contributed by atoms with Crippen LogP contribution in [-0.4, -0.2) is 11.0 Å². The Bertz CT molecular complexity index is 996. The summed E-state index contributed by atoms with van der Waals surface area (Å²) in [6, 6.07) is 18.5. The molecule has 28 heavy (non-hydrogen) atoms. The van der Waals surface area contributed by atoms with E-state index in [1.54, 1.807) is 36.4 Å². The Hall–Kier alpha value is -2.60. The van der Waals surface area contributed by atoms with Gasteiger partial charge in [-0.2, -0.15) is 0 Å². The minimum Gasteiger partial charge on any atom is -0.457 e. The zero-order valence-corrected chi connectivity index (χ0v) is 16.9. The van der Waals surface area contributed by atoms with E-state index in [9.17, 15) is 4.79 Å². The van der Waals surface area contributed by atoms with Gasteiger partial charge in [0.25, 0.3) is 0 Å². The van der Waals surface area contributed by atoms with Crippen molar-refractivity contribution in [2.24, 2.45) is 0 Å². The van der Waals surface area contributed by atoms with Crippen LogP contribution in [0.15, 0.2) is 71.2 Å². The number of amides is 1. The van der Waals surface area contributed by atoms with Gasteiger partial charge in [0.05, 0.1) is 0 Å². The van der Waals surface area contributed by atoms with Crippen LogP contribution >= 0.6 is 35.4 Å². The van der Waals surface area contributed by atoms with Crippen LogP contribution in [-0.2, 0) is 11.3 Å². The van der Waals surface area contributed by atoms with Gasteiger partial charge in [-0.15, -0.1) is 0 Å². The highest BCUT2D eigenvalue weighted by Gasteiger charge is 2.06. The second-order valence-corrected chi connectivity index (χ2v) is 7.13. The first-order valence-corrected chi connectivity index (χ1v) is 9.53. The first-order chi connectivity index (χ1) is 13.5. The molecule has 0 radical (unpaired) electrons. The van der Waals surface area contributed by atoms with Gasteiger partial charge < -0.3 is 9.73 Å². The van der Waals surface area contributed by atoms with Crippen LogP contribution in [0.5, 0.6) is 0 Å². The Morgan fingerprint density at radius 2 is 1.75 bits per heavy atom. The first-order valence-electron chi connectivity index (χ1n) is 8.37.